The van der Waals surface area contributed by atoms with Gasteiger partial charge in [0.15, 0.2) is 11.5 Å². The molecule has 0 aromatic heterocycles. The van der Waals surface area contributed by atoms with Gasteiger partial charge in [-0.25, -0.2) is 8.78 Å². The molecule has 2 aromatic carbocycles. The van der Waals surface area contributed by atoms with Gasteiger partial charge in [-0.05, 0) is 29.8 Å². The largest absolute Gasteiger partial charge is 0.454 e. The Hall–Kier alpha value is -2.63. The van der Waals surface area contributed by atoms with E-state index in [4.69, 9.17) is 9.47 Å². The zero-order chi connectivity index (χ0) is 15.7. The highest BCUT2D eigenvalue weighted by Crippen LogP contribution is 2.32. The van der Waals surface area contributed by atoms with Crippen LogP contribution in [-0.2, 0) is 6.54 Å². The lowest BCUT2D eigenvalue weighted by atomic mass is 10.1. The molecule has 1 heterocycles. The van der Waals surface area contributed by atoms with Gasteiger partial charge in [-0.3, -0.25) is 4.79 Å². The summed E-state index contributed by atoms with van der Waals surface area (Å²) >= 11 is 0. The second-order valence-electron chi connectivity index (χ2n) is 5.01. The van der Waals surface area contributed by atoms with Crippen LogP contribution in [-0.4, -0.2) is 24.6 Å². The van der Waals surface area contributed by atoms with Gasteiger partial charge in [0.2, 0.25) is 6.79 Å². The Balaban J connectivity index is 1.76. The fraction of sp³-hybridized carbons (Fsp3) is 0.188. The first kappa shape index (κ1) is 14.3. The highest BCUT2D eigenvalue weighted by molar-refractivity contribution is 5.94. The SMILES string of the molecule is CN(Cc1ccc2c(c1)OCO2)C(=O)c1cc(F)cc(F)c1. The molecule has 3 rings (SSSR count). The molecule has 1 aliphatic heterocycles. The molecule has 4 nitrogen and oxygen atoms in total. The smallest absolute Gasteiger partial charge is 0.254 e. The molecule has 0 spiro atoms. The molecule has 1 amide bonds. The Morgan fingerprint density at radius 3 is 2.50 bits per heavy atom. The zero-order valence-corrected chi connectivity index (χ0v) is 11.8. The Kier molecular flexibility index (Phi) is 3.66. The monoisotopic (exact) mass is 305 g/mol. The first-order chi connectivity index (χ1) is 10.5. The normalized spacial score (nSPS) is 12.3. The van der Waals surface area contributed by atoms with Gasteiger partial charge in [-0.1, -0.05) is 6.07 Å². The number of hydrogen-bond donors (Lipinski definition) is 0. The van der Waals surface area contributed by atoms with Gasteiger partial charge in [-0.15, -0.1) is 0 Å². The van der Waals surface area contributed by atoms with Crippen LogP contribution in [0.3, 0.4) is 0 Å². The standard InChI is InChI=1S/C16H13F2NO3/c1-19(16(20)11-5-12(17)7-13(18)6-11)8-10-2-3-14-15(4-10)22-9-21-14/h2-7H,8-9H2,1H3. The van der Waals surface area contributed by atoms with Gasteiger partial charge in [0.05, 0.1) is 0 Å². The van der Waals surface area contributed by atoms with Crippen molar-refractivity contribution in [3.05, 3.63) is 59.2 Å². The first-order valence-corrected chi connectivity index (χ1v) is 6.63. The summed E-state index contributed by atoms with van der Waals surface area (Å²) in [6, 6.07) is 8.11. The summed E-state index contributed by atoms with van der Waals surface area (Å²) in [6.07, 6.45) is 0. The summed E-state index contributed by atoms with van der Waals surface area (Å²) in [6.45, 7) is 0.462. The summed E-state index contributed by atoms with van der Waals surface area (Å²) < 4.78 is 36.9. The van der Waals surface area contributed by atoms with E-state index in [0.717, 1.165) is 23.8 Å². The summed E-state index contributed by atoms with van der Waals surface area (Å²) in [5.74, 6) is -0.740. The third-order valence-corrected chi connectivity index (χ3v) is 3.31. The van der Waals surface area contributed by atoms with E-state index in [2.05, 4.69) is 0 Å². The summed E-state index contributed by atoms with van der Waals surface area (Å²) in [5.41, 5.74) is 0.803. The molecule has 0 bridgehead atoms. The van der Waals surface area contributed by atoms with Crippen molar-refractivity contribution in [2.45, 2.75) is 6.54 Å². The van der Waals surface area contributed by atoms with Crippen LogP contribution in [0.2, 0.25) is 0 Å². The Morgan fingerprint density at radius 2 is 1.77 bits per heavy atom. The van der Waals surface area contributed by atoms with E-state index in [9.17, 15) is 13.6 Å². The molecule has 0 fully saturated rings. The minimum atomic E-state index is -0.778. The maximum absolute atomic E-state index is 13.2. The minimum Gasteiger partial charge on any atom is -0.454 e. The van der Waals surface area contributed by atoms with Crippen LogP contribution in [0.4, 0.5) is 8.78 Å². The number of carbonyl (C=O) groups is 1. The van der Waals surface area contributed by atoms with Crippen molar-refractivity contribution in [2.75, 3.05) is 13.8 Å². The van der Waals surface area contributed by atoms with E-state index in [0.29, 0.717) is 11.5 Å². The van der Waals surface area contributed by atoms with Crippen molar-refractivity contribution >= 4 is 5.91 Å². The summed E-state index contributed by atoms with van der Waals surface area (Å²) in [4.78, 5) is 13.6. The molecule has 0 aliphatic carbocycles. The Morgan fingerprint density at radius 1 is 1.09 bits per heavy atom. The number of halogens is 2. The highest BCUT2D eigenvalue weighted by Gasteiger charge is 2.17. The van der Waals surface area contributed by atoms with Crippen molar-refractivity contribution in [1.29, 1.82) is 0 Å². The maximum atomic E-state index is 13.2. The molecule has 0 unspecified atom stereocenters. The predicted octanol–water partition coefficient (Wildman–Crippen LogP) is 2.97. The number of carbonyl (C=O) groups excluding carboxylic acids is 1. The molecule has 0 saturated carbocycles. The first-order valence-electron chi connectivity index (χ1n) is 6.63. The average molecular weight is 305 g/mol. The highest BCUT2D eigenvalue weighted by atomic mass is 19.1. The average Bonchev–Trinajstić information content (AvgIpc) is 2.93. The molecule has 0 saturated heterocycles. The molecule has 2 aromatic rings. The number of hydrogen-bond acceptors (Lipinski definition) is 3. The molecular formula is C16H13F2NO3. The lowest BCUT2D eigenvalue weighted by molar-refractivity contribution is 0.0784. The third-order valence-electron chi connectivity index (χ3n) is 3.31. The topological polar surface area (TPSA) is 38.8 Å². The predicted molar refractivity (Wildman–Crippen MR) is 74.7 cm³/mol. The van der Waals surface area contributed by atoms with Crippen molar-refractivity contribution in [3.63, 3.8) is 0 Å². The molecule has 6 heteroatoms. The lowest BCUT2D eigenvalue weighted by Gasteiger charge is -2.17. The number of benzene rings is 2. The maximum Gasteiger partial charge on any atom is 0.254 e. The molecule has 0 N–H and O–H groups in total. The zero-order valence-electron chi connectivity index (χ0n) is 11.8. The quantitative estimate of drug-likeness (QED) is 0.875. The number of amides is 1. The van der Waals surface area contributed by atoms with Gasteiger partial charge in [0, 0.05) is 25.2 Å². The van der Waals surface area contributed by atoms with Gasteiger partial charge in [0.1, 0.15) is 11.6 Å². The van der Waals surface area contributed by atoms with E-state index >= 15 is 0 Å². The Bertz CT molecular complexity index is 713. The minimum absolute atomic E-state index is 0.0271. The third kappa shape index (κ3) is 2.86. The number of fused-ring (bicyclic) bond motifs is 1. The van der Waals surface area contributed by atoms with Gasteiger partial charge in [-0.2, -0.15) is 0 Å². The Labute approximate surface area is 125 Å². The lowest BCUT2D eigenvalue weighted by Crippen LogP contribution is -2.26. The fourth-order valence-electron chi connectivity index (χ4n) is 2.28. The van der Waals surface area contributed by atoms with Crippen LogP contribution < -0.4 is 9.47 Å². The van der Waals surface area contributed by atoms with Crippen LogP contribution in [0.15, 0.2) is 36.4 Å². The summed E-state index contributed by atoms with van der Waals surface area (Å²) in [5, 5.41) is 0. The molecule has 0 atom stereocenters. The van der Waals surface area contributed by atoms with E-state index in [-0.39, 0.29) is 18.9 Å². The second-order valence-corrected chi connectivity index (χ2v) is 5.01. The van der Waals surface area contributed by atoms with Gasteiger partial charge in [0.25, 0.3) is 5.91 Å². The van der Waals surface area contributed by atoms with Crippen molar-refractivity contribution < 1.29 is 23.0 Å². The van der Waals surface area contributed by atoms with E-state index < -0.39 is 17.5 Å². The van der Waals surface area contributed by atoms with E-state index in [1.807, 2.05) is 6.07 Å². The van der Waals surface area contributed by atoms with Crippen molar-refractivity contribution in [3.8, 4) is 11.5 Å². The van der Waals surface area contributed by atoms with E-state index in [1.54, 1.807) is 19.2 Å². The van der Waals surface area contributed by atoms with Gasteiger partial charge >= 0.3 is 0 Å². The van der Waals surface area contributed by atoms with Crippen LogP contribution in [0, 0.1) is 11.6 Å². The van der Waals surface area contributed by atoms with Crippen LogP contribution >= 0.6 is 0 Å². The molecular weight excluding hydrogens is 292 g/mol. The number of nitrogens with zero attached hydrogens (tertiary/aromatic N) is 1. The van der Waals surface area contributed by atoms with Crippen molar-refractivity contribution in [1.82, 2.24) is 4.90 Å². The van der Waals surface area contributed by atoms with Crippen LogP contribution in [0.5, 0.6) is 11.5 Å². The summed E-state index contributed by atoms with van der Waals surface area (Å²) in [7, 11) is 1.57. The number of ether oxygens (including phenoxy) is 2. The van der Waals surface area contributed by atoms with E-state index in [1.165, 1.54) is 4.90 Å². The second kappa shape index (κ2) is 5.63. The van der Waals surface area contributed by atoms with Crippen LogP contribution in [0.1, 0.15) is 15.9 Å². The molecule has 0 radical (unpaired) electrons. The van der Waals surface area contributed by atoms with Crippen LogP contribution in [0.25, 0.3) is 0 Å². The molecule has 114 valence electrons. The number of rotatable bonds is 3. The van der Waals surface area contributed by atoms with Crippen molar-refractivity contribution in [2.24, 2.45) is 0 Å². The van der Waals surface area contributed by atoms with Gasteiger partial charge < -0.3 is 14.4 Å². The molecule has 1 aliphatic rings. The molecule has 22 heavy (non-hydrogen) atoms. The fourth-order valence-corrected chi connectivity index (χ4v) is 2.28.